The number of aliphatic hydroxyl groups excluding tert-OH is 1. The highest BCUT2D eigenvalue weighted by molar-refractivity contribution is 5.66. The van der Waals surface area contributed by atoms with Crippen molar-refractivity contribution >= 4 is 11.9 Å². The molecule has 0 amide bonds. The van der Waals surface area contributed by atoms with E-state index in [4.69, 9.17) is 14.2 Å². The van der Waals surface area contributed by atoms with E-state index < -0.39 is 53.3 Å². The SMILES string of the molecule is CC(=O)OC1CC(O)C(C)=C[C@H]2[C@@H](Oc3ccccc3)[C@@H](C)C[C@]2(O)C(OC(C)=O)[C@@H](C)C=CC1(C)C. The Morgan fingerprint density at radius 2 is 1.65 bits per heavy atom. The Bertz CT molecular complexity index is 1010. The van der Waals surface area contributed by atoms with Crippen LogP contribution in [0.15, 0.2) is 54.1 Å². The van der Waals surface area contributed by atoms with E-state index in [0.717, 1.165) is 0 Å². The quantitative estimate of drug-likeness (QED) is 0.447. The van der Waals surface area contributed by atoms with Gasteiger partial charge in [-0.1, -0.05) is 64.1 Å². The number of benzene rings is 1. The molecule has 204 valence electrons. The molecule has 0 saturated heterocycles. The topological polar surface area (TPSA) is 102 Å². The van der Waals surface area contributed by atoms with Crippen LogP contribution in [-0.4, -0.2) is 52.2 Å². The fraction of sp³-hybridized carbons (Fsp3) is 0.600. The third-order valence-electron chi connectivity index (χ3n) is 7.79. The van der Waals surface area contributed by atoms with Gasteiger partial charge in [-0.15, -0.1) is 0 Å². The third kappa shape index (κ3) is 6.63. The van der Waals surface area contributed by atoms with Crippen LogP contribution in [0.2, 0.25) is 0 Å². The molecule has 0 spiro atoms. The molecule has 3 rings (SSSR count). The summed E-state index contributed by atoms with van der Waals surface area (Å²) < 4.78 is 17.9. The van der Waals surface area contributed by atoms with E-state index in [2.05, 4.69) is 0 Å². The van der Waals surface area contributed by atoms with Crippen LogP contribution >= 0.6 is 0 Å². The minimum atomic E-state index is -1.44. The molecule has 0 aliphatic heterocycles. The van der Waals surface area contributed by atoms with Gasteiger partial charge in [-0.05, 0) is 37.0 Å². The number of esters is 2. The van der Waals surface area contributed by atoms with Crippen molar-refractivity contribution in [2.24, 2.45) is 23.2 Å². The Kier molecular flexibility index (Phi) is 8.91. The lowest BCUT2D eigenvalue weighted by Gasteiger charge is -2.41. The average molecular weight is 515 g/mol. The zero-order valence-electron chi connectivity index (χ0n) is 23.0. The van der Waals surface area contributed by atoms with Crippen LogP contribution in [0.1, 0.15) is 61.3 Å². The highest BCUT2D eigenvalue weighted by atomic mass is 16.6. The molecular formula is C30H42O7. The first-order valence-electron chi connectivity index (χ1n) is 13.1. The molecule has 1 aromatic rings. The second-order valence-electron chi connectivity index (χ2n) is 11.4. The van der Waals surface area contributed by atoms with Gasteiger partial charge in [0.05, 0.1) is 6.10 Å². The third-order valence-corrected chi connectivity index (χ3v) is 7.79. The van der Waals surface area contributed by atoms with Crippen molar-refractivity contribution in [2.45, 2.75) is 91.3 Å². The smallest absolute Gasteiger partial charge is 0.303 e. The Morgan fingerprint density at radius 1 is 1.03 bits per heavy atom. The molecule has 7 heteroatoms. The van der Waals surface area contributed by atoms with Crippen LogP contribution in [-0.2, 0) is 19.1 Å². The lowest BCUT2D eigenvalue weighted by molar-refractivity contribution is -0.173. The highest BCUT2D eigenvalue weighted by Gasteiger charge is 2.58. The average Bonchev–Trinajstić information content (AvgIpc) is 3.04. The molecule has 1 saturated carbocycles. The summed E-state index contributed by atoms with van der Waals surface area (Å²) in [5, 5.41) is 23.5. The van der Waals surface area contributed by atoms with Crippen molar-refractivity contribution in [2.75, 3.05) is 0 Å². The van der Waals surface area contributed by atoms with Crippen LogP contribution in [0.5, 0.6) is 5.75 Å². The number of fused-ring (bicyclic) bond motifs is 1. The summed E-state index contributed by atoms with van der Waals surface area (Å²) in [5.41, 5.74) is -1.43. The van der Waals surface area contributed by atoms with E-state index in [1.807, 2.05) is 76.3 Å². The molecule has 0 heterocycles. The molecule has 3 unspecified atom stereocenters. The molecule has 2 aliphatic carbocycles. The summed E-state index contributed by atoms with van der Waals surface area (Å²) in [6, 6.07) is 9.41. The molecule has 8 atom stereocenters. The largest absolute Gasteiger partial charge is 0.489 e. The fourth-order valence-corrected chi connectivity index (χ4v) is 5.74. The van der Waals surface area contributed by atoms with Crippen molar-refractivity contribution < 1.29 is 34.0 Å². The van der Waals surface area contributed by atoms with E-state index >= 15 is 0 Å². The molecular weight excluding hydrogens is 472 g/mol. The maximum Gasteiger partial charge on any atom is 0.303 e. The zero-order valence-corrected chi connectivity index (χ0v) is 23.0. The van der Waals surface area contributed by atoms with Crippen molar-refractivity contribution in [3.63, 3.8) is 0 Å². The first-order valence-corrected chi connectivity index (χ1v) is 13.1. The summed E-state index contributed by atoms with van der Waals surface area (Å²) in [5.74, 6) is -1.22. The van der Waals surface area contributed by atoms with Crippen LogP contribution < -0.4 is 4.74 Å². The highest BCUT2D eigenvalue weighted by Crippen LogP contribution is 2.48. The number of hydrogen-bond donors (Lipinski definition) is 2. The molecule has 7 nitrogen and oxygen atoms in total. The van der Waals surface area contributed by atoms with E-state index in [1.54, 1.807) is 6.92 Å². The molecule has 2 aliphatic rings. The molecule has 0 aromatic heterocycles. The van der Waals surface area contributed by atoms with Crippen LogP contribution in [0.3, 0.4) is 0 Å². The zero-order chi connectivity index (χ0) is 27.5. The molecule has 2 N–H and O–H groups in total. The molecule has 1 aromatic carbocycles. The maximum absolute atomic E-state index is 12.3. The fourth-order valence-electron chi connectivity index (χ4n) is 5.74. The predicted octanol–water partition coefficient (Wildman–Crippen LogP) is 4.61. The van der Waals surface area contributed by atoms with E-state index in [-0.39, 0.29) is 18.3 Å². The number of para-hydroxylation sites is 1. The van der Waals surface area contributed by atoms with Crippen LogP contribution in [0.25, 0.3) is 0 Å². The normalized spacial score (nSPS) is 35.8. The van der Waals surface area contributed by atoms with Crippen molar-refractivity contribution in [1.82, 2.24) is 0 Å². The van der Waals surface area contributed by atoms with Gasteiger partial charge in [-0.3, -0.25) is 9.59 Å². The standard InChI is InChI=1S/C30H42O7/c1-18-13-14-29(6,7)26(35-21(4)31)16-25(33)19(2)15-24-27(37-23-11-9-8-10-12-23)20(3)17-30(24,34)28(18)36-22(5)32/h8-15,18,20,24-28,33-34H,16-17H2,1-7H3/t18-,20-,24-,25?,26?,27-,28?,30+/m0/s1. The second kappa shape index (κ2) is 11.4. The van der Waals surface area contributed by atoms with Gasteiger partial charge >= 0.3 is 11.9 Å². The van der Waals surface area contributed by atoms with Crippen LogP contribution in [0.4, 0.5) is 0 Å². The minimum Gasteiger partial charge on any atom is -0.489 e. The van der Waals surface area contributed by atoms with Crippen molar-refractivity contribution in [1.29, 1.82) is 0 Å². The van der Waals surface area contributed by atoms with Gasteiger partial charge < -0.3 is 24.4 Å². The number of carbonyl (C=O) groups is 2. The summed E-state index contributed by atoms with van der Waals surface area (Å²) in [6.45, 7) is 12.3. The van der Waals surface area contributed by atoms with E-state index in [0.29, 0.717) is 17.7 Å². The van der Waals surface area contributed by atoms with Gasteiger partial charge in [0, 0.05) is 37.5 Å². The van der Waals surface area contributed by atoms with E-state index in [1.165, 1.54) is 13.8 Å². The van der Waals surface area contributed by atoms with Crippen molar-refractivity contribution in [3.8, 4) is 5.75 Å². The maximum atomic E-state index is 12.3. The van der Waals surface area contributed by atoms with Gasteiger partial charge in [0.15, 0.2) is 0 Å². The van der Waals surface area contributed by atoms with Gasteiger partial charge in [-0.2, -0.15) is 0 Å². The Balaban J connectivity index is 2.14. The predicted molar refractivity (Wildman–Crippen MR) is 141 cm³/mol. The molecule has 0 bridgehead atoms. The number of carbonyl (C=O) groups excluding carboxylic acids is 2. The number of ether oxygens (including phenoxy) is 3. The number of rotatable bonds is 4. The first kappa shape index (κ1) is 28.9. The number of aliphatic hydroxyl groups is 2. The Labute approximate surface area is 220 Å². The Hall–Kier alpha value is -2.64. The monoisotopic (exact) mass is 514 g/mol. The van der Waals surface area contributed by atoms with Gasteiger partial charge in [0.1, 0.15) is 29.7 Å². The van der Waals surface area contributed by atoms with Crippen LogP contribution in [0, 0.1) is 23.2 Å². The minimum absolute atomic E-state index is 0.0685. The van der Waals surface area contributed by atoms with E-state index in [9.17, 15) is 19.8 Å². The first-order chi connectivity index (χ1) is 17.2. The summed E-state index contributed by atoms with van der Waals surface area (Å²) in [6.07, 6.45) is 3.44. The second-order valence-corrected chi connectivity index (χ2v) is 11.4. The summed E-state index contributed by atoms with van der Waals surface area (Å²) >= 11 is 0. The van der Waals surface area contributed by atoms with Crippen molar-refractivity contribution in [3.05, 3.63) is 54.1 Å². The molecule has 37 heavy (non-hydrogen) atoms. The molecule has 0 radical (unpaired) electrons. The Morgan fingerprint density at radius 3 is 2.24 bits per heavy atom. The summed E-state index contributed by atoms with van der Waals surface area (Å²) in [7, 11) is 0. The number of hydrogen-bond acceptors (Lipinski definition) is 7. The van der Waals surface area contributed by atoms with Gasteiger partial charge in [0.2, 0.25) is 0 Å². The molecule has 1 fully saturated rings. The lowest BCUT2D eigenvalue weighted by atomic mass is 9.75. The lowest BCUT2D eigenvalue weighted by Crippen LogP contribution is -2.52. The van der Waals surface area contributed by atoms with Gasteiger partial charge in [0.25, 0.3) is 0 Å². The van der Waals surface area contributed by atoms with Gasteiger partial charge in [-0.25, -0.2) is 0 Å². The summed E-state index contributed by atoms with van der Waals surface area (Å²) in [4.78, 5) is 24.1.